The number of hydrogen-bond donors (Lipinski definition) is 2. The summed E-state index contributed by atoms with van der Waals surface area (Å²) in [6.07, 6.45) is -0.195. The molecule has 4 heterocycles. The van der Waals surface area contributed by atoms with Crippen molar-refractivity contribution in [2.75, 3.05) is 0 Å². The summed E-state index contributed by atoms with van der Waals surface area (Å²) in [5.74, 6) is -0.215. The number of nitrogens with two attached hydrogens (primary N) is 2. The molecule has 1 unspecified atom stereocenters. The Bertz CT molecular complexity index is 1430. The first-order chi connectivity index (χ1) is 17.8. The quantitative estimate of drug-likeness (QED) is 0.200. The molecule has 4 aromatic rings. The molecule has 9 nitrogen and oxygen atoms in total. The zero-order valence-corrected chi connectivity index (χ0v) is 19.7. The predicted molar refractivity (Wildman–Crippen MR) is 126 cm³/mol. The number of nitrogens with zero attached hydrogens (tertiary/aromatic N) is 7. The molecule has 0 fully saturated rings. The predicted octanol–water partition coefficient (Wildman–Crippen LogP) is 4.69. The van der Waals surface area contributed by atoms with Crippen molar-refractivity contribution in [1.29, 1.82) is 0 Å². The SMILES string of the molecule is CCC(c1ccc(C(F)(F)F)nc1)n1cc(-c2cnc(N=C(N)N)c(-c3cnn(CC(F)(F)F)c3)c2)cn1. The molecular formula is C23H21F6N9. The van der Waals surface area contributed by atoms with Crippen molar-refractivity contribution in [3.63, 3.8) is 0 Å². The molecule has 0 bridgehead atoms. The molecular weight excluding hydrogens is 516 g/mol. The van der Waals surface area contributed by atoms with Crippen LogP contribution in [0, 0.1) is 0 Å². The van der Waals surface area contributed by atoms with Crippen LogP contribution in [0.1, 0.15) is 30.6 Å². The van der Waals surface area contributed by atoms with Crippen molar-refractivity contribution in [2.24, 2.45) is 16.5 Å². The summed E-state index contributed by atoms with van der Waals surface area (Å²) >= 11 is 0. The van der Waals surface area contributed by atoms with Gasteiger partial charge in [0, 0.05) is 47.0 Å². The van der Waals surface area contributed by atoms with Crippen molar-refractivity contribution in [3.05, 3.63) is 66.6 Å². The van der Waals surface area contributed by atoms with Gasteiger partial charge in [-0.3, -0.25) is 14.3 Å². The van der Waals surface area contributed by atoms with E-state index in [2.05, 4.69) is 25.2 Å². The number of alkyl halides is 6. The molecule has 0 amide bonds. The molecule has 200 valence electrons. The number of rotatable bonds is 7. The Hall–Kier alpha value is -4.43. The van der Waals surface area contributed by atoms with Crippen molar-refractivity contribution in [2.45, 2.75) is 38.3 Å². The summed E-state index contributed by atoms with van der Waals surface area (Å²) in [4.78, 5) is 11.7. The van der Waals surface area contributed by atoms with E-state index in [1.54, 1.807) is 16.9 Å². The minimum absolute atomic E-state index is 0.0787. The second kappa shape index (κ2) is 10.1. The third-order valence-corrected chi connectivity index (χ3v) is 5.49. The summed E-state index contributed by atoms with van der Waals surface area (Å²) in [5, 5.41) is 8.12. The van der Waals surface area contributed by atoms with Gasteiger partial charge in [0.15, 0.2) is 11.8 Å². The van der Waals surface area contributed by atoms with Gasteiger partial charge in [-0.05, 0) is 24.1 Å². The zero-order valence-electron chi connectivity index (χ0n) is 19.7. The van der Waals surface area contributed by atoms with Crippen LogP contribution in [0.25, 0.3) is 22.3 Å². The third kappa shape index (κ3) is 6.10. The molecule has 0 saturated heterocycles. The first-order valence-corrected chi connectivity index (χ1v) is 11.1. The molecule has 4 rings (SSSR count). The number of pyridine rings is 2. The number of aliphatic imine (C=N–C) groups is 1. The Kier molecular flexibility index (Phi) is 7.11. The molecule has 0 aliphatic rings. The summed E-state index contributed by atoms with van der Waals surface area (Å²) in [7, 11) is 0. The first kappa shape index (κ1) is 26.6. The summed E-state index contributed by atoms with van der Waals surface area (Å²) in [6.45, 7) is 0.577. The maximum Gasteiger partial charge on any atom is 0.433 e. The molecule has 15 heteroatoms. The lowest BCUT2D eigenvalue weighted by Crippen LogP contribution is -2.22. The zero-order chi connectivity index (χ0) is 27.7. The average Bonchev–Trinajstić information content (AvgIpc) is 3.48. The molecule has 38 heavy (non-hydrogen) atoms. The van der Waals surface area contributed by atoms with E-state index in [1.807, 2.05) is 6.92 Å². The van der Waals surface area contributed by atoms with Crippen molar-refractivity contribution in [1.82, 2.24) is 29.5 Å². The molecule has 0 aliphatic heterocycles. The second-order valence-corrected chi connectivity index (χ2v) is 8.28. The Labute approximate surface area is 211 Å². The van der Waals surface area contributed by atoms with Crippen LogP contribution < -0.4 is 11.5 Å². The van der Waals surface area contributed by atoms with Gasteiger partial charge in [-0.15, -0.1) is 0 Å². The van der Waals surface area contributed by atoms with Crippen LogP contribution in [0.4, 0.5) is 32.2 Å². The van der Waals surface area contributed by atoms with Gasteiger partial charge in [0.25, 0.3) is 0 Å². The molecule has 0 radical (unpaired) electrons. The van der Waals surface area contributed by atoms with Crippen LogP contribution in [0.15, 0.2) is 60.4 Å². The monoisotopic (exact) mass is 537 g/mol. The fourth-order valence-corrected chi connectivity index (χ4v) is 3.82. The highest BCUT2D eigenvalue weighted by atomic mass is 19.4. The van der Waals surface area contributed by atoms with Gasteiger partial charge in [-0.1, -0.05) is 13.0 Å². The van der Waals surface area contributed by atoms with E-state index < -0.39 is 30.6 Å². The molecule has 0 aliphatic carbocycles. The molecule has 0 saturated carbocycles. The van der Waals surface area contributed by atoms with Crippen LogP contribution in [-0.2, 0) is 12.7 Å². The normalized spacial score (nSPS) is 12.9. The highest BCUT2D eigenvalue weighted by Gasteiger charge is 2.32. The van der Waals surface area contributed by atoms with E-state index >= 15 is 0 Å². The van der Waals surface area contributed by atoms with E-state index in [1.165, 1.54) is 37.1 Å². The van der Waals surface area contributed by atoms with Crippen LogP contribution in [-0.4, -0.2) is 41.7 Å². The maximum atomic E-state index is 12.9. The Balaban J connectivity index is 1.68. The van der Waals surface area contributed by atoms with Gasteiger partial charge in [0.2, 0.25) is 0 Å². The van der Waals surface area contributed by atoms with Crippen LogP contribution in [0.3, 0.4) is 0 Å². The smallest absolute Gasteiger partial charge is 0.370 e. The van der Waals surface area contributed by atoms with Crippen LogP contribution in [0.2, 0.25) is 0 Å². The van der Waals surface area contributed by atoms with Gasteiger partial charge < -0.3 is 11.5 Å². The number of guanidine groups is 1. The Morgan fingerprint density at radius 1 is 0.921 bits per heavy atom. The maximum absolute atomic E-state index is 12.9. The van der Waals surface area contributed by atoms with Crippen molar-refractivity contribution >= 4 is 11.8 Å². The van der Waals surface area contributed by atoms with Crippen LogP contribution >= 0.6 is 0 Å². The molecule has 0 spiro atoms. The lowest BCUT2D eigenvalue weighted by Gasteiger charge is -2.16. The second-order valence-electron chi connectivity index (χ2n) is 8.28. The van der Waals surface area contributed by atoms with Crippen LogP contribution in [0.5, 0.6) is 0 Å². The van der Waals surface area contributed by atoms with Gasteiger partial charge in [0.1, 0.15) is 12.2 Å². The average molecular weight is 537 g/mol. The lowest BCUT2D eigenvalue weighted by molar-refractivity contribution is -0.143. The third-order valence-electron chi connectivity index (χ3n) is 5.49. The van der Waals surface area contributed by atoms with Gasteiger partial charge >= 0.3 is 12.4 Å². The van der Waals surface area contributed by atoms with E-state index in [0.717, 1.165) is 10.7 Å². The largest absolute Gasteiger partial charge is 0.433 e. The van der Waals surface area contributed by atoms with Gasteiger partial charge in [-0.2, -0.15) is 41.5 Å². The van der Waals surface area contributed by atoms with E-state index in [9.17, 15) is 26.3 Å². The van der Waals surface area contributed by atoms with Gasteiger partial charge in [-0.25, -0.2) is 4.98 Å². The lowest BCUT2D eigenvalue weighted by atomic mass is 10.0. The summed E-state index contributed by atoms with van der Waals surface area (Å²) in [5.41, 5.74) is 12.3. The topological polar surface area (TPSA) is 126 Å². The minimum Gasteiger partial charge on any atom is -0.370 e. The molecule has 4 aromatic heterocycles. The first-order valence-electron chi connectivity index (χ1n) is 11.1. The van der Waals surface area contributed by atoms with Crippen molar-refractivity contribution in [3.8, 4) is 22.3 Å². The highest BCUT2D eigenvalue weighted by Crippen LogP contribution is 2.34. The number of aromatic nitrogens is 6. The molecule has 0 aromatic carbocycles. The fourth-order valence-electron chi connectivity index (χ4n) is 3.82. The standard InChI is InChI=1S/C23H21F6N9/c1-2-18(13-3-4-19(32-6-13)23(27,28)29)38-11-15(8-35-38)14-5-17(20(33-7-14)36-21(30)31)16-9-34-37(10-16)12-22(24,25)26/h3-11,18H,2,12H2,1H3,(H4,30,31,33,36). The molecule has 1 atom stereocenters. The van der Waals surface area contributed by atoms with Gasteiger partial charge in [0.05, 0.1) is 18.4 Å². The summed E-state index contributed by atoms with van der Waals surface area (Å²) in [6, 6.07) is 3.51. The number of halogens is 6. The Morgan fingerprint density at radius 3 is 2.26 bits per heavy atom. The minimum atomic E-state index is -4.54. The van der Waals surface area contributed by atoms with Crippen molar-refractivity contribution < 1.29 is 26.3 Å². The number of hydrogen-bond acceptors (Lipinski definition) is 5. The van der Waals surface area contributed by atoms with E-state index in [4.69, 9.17) is 11.5 Å². The summed E-state index contributed by atoms with van der Waals surface area (Å²) < 4.78 is 79.3. The van der Waals surface area contributed by atoms with E-state index in [-0.39, 0.29) is 11.8 Å². The Morgan fingerprint density at radius 2 is 1.66 bits per heavy atom. The highest BCUT2D eigenvalue weighted by molar-refractivity contribution is 5.84. The van der Waals surface area contributed by atoms with E-state index in [0.29, 0.717) is 34.2 Å². The molecule has 4 N–H and O–H groups in total. The fraction of sp³-hybridized carbons (Fsp3) is 0.261.